The molecule has 5 heteroatoms. The van der Waals surface area contributed by atoms with Crippen LogP contribution in [0.5, 0.6) is 11.5 Å². The van der Waals surface area contributed by atoms with Crippen LogP contribution in [-0.4, -0.2) is 13.4 Å². The van der Waals surface area contributed by atoms with Crippen molar-refractivity contribution in [3.63, 3.8) is 0 Å². The average Bonchev–Trinajstić information content (AvgIpc) is 2.65. The van der Waals surface area contributed by atoms with E-state index in [4.69, 9.17) is 19.9 Å². The maximum absolute atomic E-state index is 9.64. The van der Waals surface area contributed by atoms with Gasteiger partial charge in [-0.2, -0.15) is 5.26 Å². The van der Waals surface area contributed by atoms with Crippen molar-refractivity contribution >= 4 is 6.08 Å². The monoisotopic (exact) mass is 332 g/mol. The van der Waals surface area contributed by atoms with Crippen molar-refractivity contribution in [2.24, 2.45) is 5.73 Å². The fourth-order valence-electron chi connectivity index (χ4n) is 3.24. The molecule has 2 unspecified atom stereocenters. The Morgan fingerprint density at radius 3 is 2.76 bits per heavy atom. The second-order valence-corrected chi connectivity index (χ2v) is 5.85. The summed E-state index contributed by atoms with van der Waals surface area (Å²) in [5, 5.41) is 9.64. The van der Waals surface area contributed by atoms with Crippen molar-refractivity contribution in [2.45, 2.75) is 12.2 Å². The van der Waals surface area contributed by atoms with Crippen LogP contribution in [0.25, 0.3) is 6.08 Å². The number of nitrogens with zero attached hydrogens (tertiary/aromatic N) is 1. The van der Waals surface area contributed by atoms with Crippen molar-refractivity contribution in [1.29, 1.82) is 5.26 Å². The number of ether oxygens (including phenoxy) is 3. The number of nitrogens with two attached hydrogens (primary N) is 1. The van der Waals surface area contributed by atoms with E-state index in [0.29, 0.717) is 11.3 Å². The van der Waals surface area contributed by atoms with Crippen molar-refractivity contribution in [2.75, 3.05) is 7.11 Å². The molecule has 0 bridgehead atoms. The first-order valence-corrected chi connectivity index (χ1v) is 7.89. The Morgan fingerprint density at radius 2 is 1.96 bits per heavy atom. The summed E-state index contributed by atoms with van der Waals surface area (Å²) in [4.78, 5) is 0. The predicted octanol–water partition coefficient (Wildman–Crippen LogP) is 3.30. The van der Waals surface area contributed by atoms with Crippen LogP contribution in [0, 0.1) is 11.3 Å². The number of hydrogen-bond acceptors (Lipinski definition) is 5. The number of nitriles is 1. The third-order valence-corrected chi connectivity index (χ3v) is 4.42. The maximum atomic E-state index is 9.64. The van der Waals surface area contributed by atoms with E-state index in [9.17, 15) is 5.26 Å². The predicted molar refractivity (Wildman–Crippen MR) is 92.5 cm³/mol. The Hall–Kier alpha value is -3.39. The van der Waals surface area contributed by atoms with Gasteiger partial charge in [0.15, 0.2) is 0 Å². The first-order valence-electron chi connectivity index (χ1n) is 7.89. The Balaban J connectivity index is 1.90. The number of hydrogen-bond donors (Lipinski definition) is 1. The van der Waals surface area contributed by atoms with Gasteiger partial charge in [0.25, 0.3) is 6.29 Å². The van der Waals surface area contributed by atoms with Crippen molar-refractivity contribution in [1.82, 2.24) is 0 Å². The lowest BCUT2D eigenvalue weighted by molar-refractivity contribution is -0.0294. The fraction of sp³-hybridized carbons (Fsp3) is 0.150. The summed E-state index contributed by atoms with van der Waals surface area (Å²) in [5.74, 6) is 1.20. The number of methoxy groups -OCH3 is 1. The van der Waals surface area contributed by atoms with Crippen LogP contribution < -0.4 is 15.2 Å². The van der Waals surface area contributed by atoms with Gasteiger partial charge in [0.2, 0.25) is 5.88 Å². The normalized spacial score (nSPS) is 21.0. The molecule has 0 saturated heterocycles. The number of allylic oxidation sites excluding steroid dienone is 1. The van der Waals surface area contributed by atoms with E-state index in [-0.39, 0.29) is 11.8 Å². The molecule has 2 aromatic rings. The van der Waals surface area contributed by atoms with E-state index in [1.165, 1.54) is 0 Å². The van der Waals surface area contributed by atoms with Crippen molar-refractivity contribution in [3.05, 3.63) is 76.7 Å². The topological polar surface area (TPSA) is 77.5 Å². The molecule has 2 aliphatic rings. The minimum atomic E-state index is -0.650. The lowest BCUT2D eigenvalue weighted by atomic mass is 9.81. The van der Waals surface area contributed by atoms with E-state index in [1.54, 1.807) is 7.11 Å². The van der Waals surface area contributed by atoms with Crippen LogP contribution in [0.2, 0.25) is 0 Å². The lowest BCUT2D eigenvalue weighted by Crippen LogP contribution is -2.35. The molecular formula is C20H16N2O3. The number of rotatable bonds is 2. The van der Waals surface area contributed by atoms with Gasteiger partial charge in [-0.1, -0.05) is 30.3 Å². The Bertz CT molecular complexity index is 940. The second-order valence-electron chi connectivity index (χ2n) is 5.85. The average molecular weight is 332 g/mol. The van der Waals surface area contributed by atoms with Gasteiger partial charge in [-0.25, -0.2) is 0 Å². The number of fused-ring (bicyclic) bond motifs is 2. The van der Waals surface area contributed by atoms with Gasteiger partial charge in [-0.15, -0.1) is 0 Å². The molecule has 0 aromatic heterocycles. The summed E-state index contributed by atoms with van der Waals surface area (Å²) in [6.07, 6.45) is 1.36. The highest BCUT2D eigenvalue weighted by molar-refractivity contribution is 5.67. The zero-order valence-electron chi connectivity index (χ0n) is 13.6. The molecule has 0 spiro atoms. The third-order valence-electron chi connectivity index (χ3n) is 4.42. The zero-order valence-corrected chi connectivity index (χ0v) is 13.6. The molecular weight excluding hydrogens is 316 g/mol. The summed E-state index contributed by atoms with van der Waals surface area (Å²) >= 11 is 0. The lowest BCUT2D eigenvalue weighted by Gasteiger charge is -2.36. The highest BCUT2D eigenvalue weighted by atomic mass is 16.7. The fourth-order valence-corrected chi connectivity index (χ4v) is 3.24. The first kappa shape index (κ1) is 15.2. The van der Waals surface area contributed by atoms with E-state index >= 15 is 0 Å². The van der Waals surface area contributed by atoms with Crippen molar-refractivity contribution < 1.29 is 14.2 Å². The van der Waals surface area contributed by atoms with Crippen LogP contribution in [-0.2, 0) is 4.74 Å². The molecule has 0 amide bonds. The summed E-state index contributed by atoms with van der Waals surface area (Å²) in [7, 11) is 1.61. The van der Waals surface area contributed by atoms with Crippen LogP contribution in [0.1, 0.15) is 17.0 Å². The highest BCUT2D eigenvalue weighted by Crippen LogP contribution is 2.44. The first-order chi connectivity index (χ1) is 12.2. The Morgan fingerprint density at radius 1 is 1.12 bits per heavy atom. The van der Waals surface area contributed by atoms with E-state index in [1.807, 2.05) is 54.6 Å². The van der Waals surface area contributed by atoms with E-state index in [2.05, 4.69) is 6.07 Å². The molecule has 0 saturated carbocycles. The van der Waals surface area contributed by atoms with Gasteiger partial charge in [-0.05, 0) is 29.8 Å². The Labute approximate surface area is 145 Å². The van der Waals surface area contributed by atoms with Gasteiger partial charge >= 0.3 is 0 Å². The molecule has 2 N–H and O–H groups in total. The third kappa shape index (κ3) is 2.48. The standard InChI is InChI=1S/C20H16N2O3/c1-23-14-7-4-6-13(9-14)18-15-10-12-5-2-3-8-17(12)24-20(15)25-19(22)16(18)11-21/h2-10,18,20H,22H2,1H3. The molecule has 124 valence electrons. The molecule has 25 heavy (non-hydrogen) atoms. The van der Waals surface area contributed by atoms with E-state index < -0.39 is 6.29 Å². The number of para-hydroxylation sites is 1. The minimum absolute atomic E-state index is 0.0943. The van der Waals surface area contributed by atoms with Gasteiger partial charge in [0, 0.05) is 11.1 Å². The molecule has 0 fully saturated rings. The Kier molecular flexibility index (Phi) is 3.58. The maximum Gasteiger partial charge on any atom is 0.266 e. The number of benzene rings is 2. The molecule has 2 aliphatic heterocycles. The largest absolute Gasteiger partial charge is 0.497 e. The minimum Gasteiger partial charge on any atom is -0.497 e. The van der Waals surface area contributed by atoms with Crippen LogP contribution in [0.4, 0.5) is 0 Å². The van der Waals surface area contributed by atoms with Crippen LogP contribution >= 0.6 is 0 Å². The quantitative estimate of drug-likeness (QED) is 0.913. The zero-order chi connectivity index (χ0) is 17.4. The summed E-state index contributed by atoms with van der Waals surface area (Å²) < 4.78 is 17.0. The van der Waals surface area contributed by atoms with Crippen LogP contribution in [0.3, 0.4) is 0 Å². The molecule has 0 radical (unpaired) electrons. The van der Waals surface area contributed by atoms with Gasteiger partial charge in [0.1, 0.15) is 23.1 Å². The molecule has 0 aliphatic carbocycles. The summed E-state index contributed by atoms with van der Waals surface area (Å²) in [5.41, 5.74) is 9.08. The summed E-state index contributed by atoms with van der Waals surface area (Å²) in [6.45, 7) is 0. The smallest absolute Gasteiger partial charge is 0.266 e. The van der Waals surface area contributed by atoms with Gasteiger partial charge < -0.3 is 19.9 Å². The molecule has 4 rings (SSSR count). The molecule has 2 atom stereocenters. The molecule has 2 heterocycles. The second kappa shape index (κ2) is 5.91. The van der Waals surface area contributed by atoms with Gasteiger partial charge in [-0.3, -0.25) is 0 Å². The van der Waals surface area contributed by atoms with Crippen LogP contribution in [0.15, 0.2) is 65.6 Å². The van der Waals surface area contributed by atoms with Gasteiger partial charge in [0.05, 0.1) is 13.0 Å². The molecule has 2 aromatic carbocycles. The van der Waals surface area contributed by atoms with Crippen molar-refractivity contribution in [3.8, 4) is 17.6 Å². The summed E-state index contributed by atoms with van der Waals surface area (Å²) in [6, 6.07) is 17.5. The SMILES string of the molecule is COc1cccc(C2C3=Cc4ccccc4OC3OC(N)=C2C#N)c1. The molecule has 5 nitrogen and oxygen atoms in total. The van der Waals surface area contributed by atoms with E-state index in [0.717, 1.165) is 22.4 Å². The highest BCUT2D eigenvalue weighted by Gasteiger charge is 2.39.